The fourth-order valence-corrected chi connectivity index (χ4v) is 1.90. The van der Waals surface area contributed by atoms with E-state index in [0.29, 0.717) is 17.4 Å². The van der Waals surface area contributed by atoms with Crippen molar-refractivity contribution in [3.8, 4) is 0 Å². The minimum atomic E-state index is -0.283. The zero-order valence-corrected chi connectivity index (χ0v) is 8.07. The van der Waals surface area contributed by atoms with E-state index < -0.39 is 0 Å². The van der Waals surface area contributed by atoms with Crippen LogP contribution in [0.25, 0.3) is 0 Å². The van der Waals surface area contributed by atoms with Gasteiger partial charge in [-0.2, -0.15) is 0 Å². The third-order valence-corrected chi connectivity index (χ3v) is 2.92. The van der Waals surface area contributed by atoms with E-state index >= 15 is 0 Å². The molecule has 1 heterocycles. The third kappa shape index (κ3) is 1.63. The molecule has 0 saturated heterocycles. The van der Waals surface area contributed by atoms with E-state index in [1.54, 1.807) is 12.3 Å². The smallest absolute Gasteiger partial charge is 0.146 e. The summed E-state index contributed by atoms with van der Waals surface area (Å²) in [6.07, 6.45) is 3.93. The van der Waals surface area contributed by atoms with Crippen LogP contribution in [0.4, 0.5) is 4.39 Å². The lowest BCUT2D eigenvalue weighted by Gasteiger charge is -2.16. The molecule has 1 aromatic rings. The number of hydrazine groups is 1. The highest BCUT2D eigenvalue weighted by molar-refractivity contribution is 5.20. The fraction of sp³-hybridized carbons (Fsp3) is 0.500. The number of pyridine rings is 1. The van der Waals surface area contributed by atoms with Gasteiger partial charge in [-0.15, -0.1) is 0 Å². The fourth-order valence-electron chi connectivity index (χ4n) is 1.90. The van der Waals surface area contributed by atoms with Crippen LogP contribution in [-0.4, -0.2) is 4.98 Å². The van der Waals surface area contributed by atoms with E-state index in [9.17, 15) is 4.39 Å². The summed E-state index contributed by atoms with van der Waals surface area (Å²) in [6.45, 7) is 2.15. The quantitative estimate of drug-likeness (QED) is 0.566. The average molecular weight is 195 g/mol. The van der Waals surface area contributed by atoms with Gasteiger partial charge < -0.3 is 0 Å². The maximum Gasteiger partial charge on any atom is 0.146 e. The first-order chi connectivity index (χ1) is 6.74. The number of rotatable bonds is 3. The van der Waals surface area contributed by atoms with Crippen molar-refractivity contribution in [2.75, 3.05) is 0 Å². The standard InChI is InChI=1S/C10H14FN3/c1-6-4-8(6)10(14-12)7-2-3-13-5-9(7)11/h2-3,5-6,8,10,14H,4,12H2,1H3. The van der Waals surface area contributed by atoms with E-state index in [-0.39, 0.29) is 11.9 Å². The molecule has 3 N–H and O–H groups in total. The highest BCUT2D eigenvalue weighted by atomic mass is 19.1. The lowest BCUT2D eigenvalue weighted by atomic mass is 10.0. The Morgan fingerprint density at radius 1 is 1.71 bits per heavy atom. The van der Waals surface area contributed by atoms with Gasteiger partial charge in [-0.1, -0.05) is 6.92 Å². The van der Waals surface area contributed by atoms with Crippen LogP contribution in [-0.2, 0) is 0 Å². The summed E-state index contributed by atoms with van der Waals surface area (Å²) in [5.41, 5.74) is 3.31. The number of nitrogens with one attached hydrogen (secondary N) is 1. The molecule has 1 aliphatic carbocycles. The lowest BCUT2D eigenvalue weighted by Crippen LogP contribution is -2.30. The van der Waals surface area contributed by atoms with Crippen LogP contribution in [0, 0.1) is 17.7 Å². The van der Waals surface area contributed by atoms with Crippen molar-refractivity contribution >= 4 is 0 Å². The van der Waals surface area contributed by atoms with Crippen molar-refractivity contribution in [2.24, 2.45) is 17.7 Å². The monoisotopic (exact) mass is 195 g/mol. The van der Waals surface area contributed by atoms with Gasteiger partial charge in [-0.3, -0.25) is 16.3 Å². The molecule has 1 saturated carbocycles. The first-order valence-corrected chi connectivity index (χ1v) is 4.79. The van der Waals surface area contributed by atoms with E-state index in [1.165, 1.54) is 6.20 Å². The molecule has 3 unspecified atom stereocenters. The predicted molar refractivity (Wildman–Crippen MR) is 51.5 cm³/mol. The molecule has 76 valence electrons. The van der Waals surface area contributed by atoms with Gasteiger partial charge in [-0.25, -0.2) is 4.39 Å². The third-order valence-electron chi connectivity index (χ3n) is 2.92. The number of nitrogens with two attached hydrogens (primary N) is 1. The van der Waals surface area contributed by atoms with E-state index in [4.69, 9.17) is 5.84 Å². The molecule has 0 bridgehead atoms. The summed E-state index contributed by atoms with van der Waals surface area (Å²) in [4.78, 5) is 3.72. The molecular weight excluding hydrogens is 181 g/mol. The Labute approximate surface area is 82.5 Å². The summed E-state index contributed by atoms with van der Waals surface area (Å²) in [5, 5.41) is 0. The van der Waals surface area contributed by atoms with Crippen LogP contribution in [0.3, 0.4) is 0 Å². The van der Waals surface area contributed by atoms with Crippen LogP contribution in [0.1, 0.15) is 24.9 Å². The Kier molecular flexibility index (Phi) is 2.48. The lowest BCUT2D eigenvalue weighted by molar-refractivity contribution is 0.451. The zero-order chi connectivity index (χ0) is 10.1. The molecule has 0 aliphatic heterocycles. The highest BCUT2D eigenvalue weighted by Gasteiger charge is 2.40. The van der Waals surface area contributed by atoms with Crippen LogP contribution >= 0.6 is 0 Å². The van der Waals surface area contributed by atoms with E-state index in [0.717, 1.165) is 6.42 Å². The zero-order valence-electron chi connectivity index (χ0n) is 8.07. The Morgan fingerprint density at radius 2 is 2.43 bits per heavy atom. The normalized spacial score (nSPS) is 27.4. The molecule has 0 amide bonds. The molecule has 4 heteroatoms. The van der Waals surface area contributed by atoms with Crippen LogP contribution in [0.2, 0.25) is 0 Å². The maximum absolute atomic E-state index is 13.4. The number of halogens is 1. The van der Waals surface area contributed by atoms with Crippen molar-refractivity contribution in [1.82, 2.24) is 10.4 Å². The molecule has 1 fully saturated rings. The summed E-state index contributed by atoms with van der Waals surface area (Å²) in [6, 6.07) is 1.61. The molecule has 0 radical (unpaired) electrons. The Hall–Kier alpha value is -1.00. The Bertz CT molecular complexity index is 329. The highest BCUT2D eigenvalue weighted by Crippen LogP contribution is 2.46. The van der Waals surface area contributed by atoms with Gasteiger partial charge in [0, 0.05) is 11.8 Å². The molecule has 2 rings (SSSR count). The molecular formula is C10H14FN3. The van der Waals surface area contributed by atoms with Crippen LogP contribution in [0.15, 0.2) is 18.5 Å². The minimum Gasteiger partial charge on any atom is -0.271 e. The van der Waals surface area contributed by atoms with Gasteiger partial charge >= 0.3 is 0 Å². The van der Waals surface area contributed by atoms with E-state index in [2.05, 4.69) is 17.3 Å². The first-order valence-electron chi connectivity index (χ1n) is 4.79. The van der Waals surface area contributed by atoms with Crippen molar-refractivity contribution in [3.63, 3.8) is 0 Å². The van der Waals surface area contributed by atoms with Gasteiger partial charge in [0.2, 0.25) is 0 Å². The average Bonchev–Trinajstić information content (AvgIpc) is 2.88. The van der Waals surface area contributed by atoms with Gasteiger partial charge in [-0.05, 0) is 24.3 Å². The van der Waals surface area contributed by atoms with Gasteiger partial charge in [0.25, 0.3) is 0 Å². The number of aromatic nitrogens is 1. The topological polar surface area (TPSA) is 50.9 Å². The molecule has 0 aromatic carbocycles. The Morgan fingerprint density at radius 3 is 2.93 bits per heavy atom. The first kappa shape index (κ1) is 9.55. The van der Waals surface area contributed by atoms with Crippen LogP contribution in [0.5, 0.6) is 0 Å². The predicted octanol–water partition coefficient (Wildman–Crippen LogP) is 1.38. The Balaban J connectivity index is 2.23. The summed E-state index contributed by atoms with van der Waals surface area (Å²) < 4.78 is 13.4. The molecule has 3 atom stereocenters. The van der Waals surface area contributed by atoms with Crippen molar-refractivity contribution in [1.29, 1.82) is 0 Å². The van der Waals surface area contributed by atoms with Crippen molar-refractivity contribution in [2.45, 2.75) is 19.4 Å². The summed E-state index contributed by atoms with van der Waals surface area (Å²) in [5.74, 6) is 6.24. The van der Waals surface area contributed by atoms with E-state index in [1.807, 2.05) is 0 Å². The molecule has 1 aromatic heterocycles. The molecule has 14 heavy (non-hydrogen) atoms. The van der Waals surface area contributed by atoms with Gasteiger partial charge in [0.05, 0.1) is 12.2 Å². The number of hydrogen-bond acceptors (Lipinski definition) is 3. The molecule has 0 spiro atoms. The summed E-state index contributed by atoms with van der Waals surface area (Å²) >= 11 is 0. The number of hydrogen-bond donors (Lipinski definition) is 2. The van der Waals surface area contributed by atoms with Crippen molar-refractivity contribution in [3.05, 3.63) is 29.8 Å². The van der Waals surface area contributed by atoms with Gasteiger partial charge in [0.15, 0.2) is 0 Å². The second-order valence-electron chi connectivity index (χ2n) is 3.92. The SMILES string of the molecule is CC1CC1C(NN)c1ccncc1F. The maximum atomic E-state index is 13.4. The second kappa shape index (κ2) is 3.63. The molecule has 1 aliphatic rings. The van der Waals surface area contributed by atoms with Gasteiger partial charge in [0.1, 0.15) is 5.82 Å². The van der Waals surface area contributed by atoms with Crippen molar-refractivity contribution < 1.29 is 4.39 Å². The minimum absolute atomic E-state index is 0.0759. The largest absolute Gasteiger partial charge is 0.271 e. The van der Waals surface area contributed by atoms with Crippen LogP contribution < -0.4 is 11.3 Å². The second-order valence-corrected chi connectivity index (χ2v) is 3.92. The number of nitrogens with zero attached hydrogens (tertiary/aromatic N) is 1. The summed E-state index contributed by atoms with van der Waals surface area (Å²) in [7, 11) is 0. The molecule has 3 nitrogen and oxygen atoms in total.